The van der Waals surface area contributed by atoms with E-state index in [9.17, 15) is 55.9 Å². The Balaban J connectivity index is 0.989. The minimum atomic E-state index is -6.06. The van der Waals surface area contributed by atoms with Crippen molar-refractivity contribution >= 4 is 46.6 Å². The summed E-state index contributed by atoms with van der Waals surface area (Å²) in [6.07, 6.45) is -1.67. The molecule has 4 N–H and O–H groups in total. The van der Waals surface area contributed by atoms with Crippen LogP contribution in [0.25, 0.3) is 10.4 Å². The molecule has 400 valence electrons. The van der Waals surface area contributed by atoms with Crippen LogP contribution in [0, 0.1) is 34.5 Å². The van der Waals surface area contributed by atoms with Crippen molar-refractivity contribution in [2.45, 2.75) is 123 Å². The third-order valence-electron chi connectivity index (χ3n) is 13.5. The molecule has 1 aliphatic heterocycles. The number of ether oxygens (including phenoxy) is 3. The molecule has 0 radical (unpaired) electrons. The highest BCUT2D eigenvalue weighted by atomic mass is 35.5. The van der Waals surface area contributed by atoms with Gasteiger partial charge in [-0.05, 0) is 66.8 Å². The summed E-state index contributed by atoms with van der Waals surface area (Å²) < 4.78 is 105. The van der Waals surface area contributed by atoms with E-state index in [4.69, 9.17) is 21.1 Å². The molecule has 4 aromatic rings. The minimum Gasteiger partial charge on any atom is -0.489 e. The third kappa shape index (κ3) is 12.1. The Hall–Kier alpha value is -5.95. The number of β-amino-alcohol motifs (C(OH)–C–C–N with tert-alkyl or cyclic N) is 1. The number of nitrogens with one attached hydrogen (secondary N) is 3. The molecule has 4 atom stereocenters. The van der Waals surface area contributed by atoms with E-state index in [1.807, 2.05) is 65.0 Å². The van der Waals surface area contributed by atoms with E-state index in [1.54, 1.807) is 39.3 Å². The monoisotopic (exact) mass is 1080 g/mol. The van der Waals surface area contributed by atoms with Gasteiger partial charge in [-0.3, -0.25) is 19.2 Å². The van der Waals surface area contributed by atoms with E-state index < -0.39 is 120 Å². The maximum Gasteiger partial charge on any atom is 0.377 e. The molecule has 2 fully saturated rings. The summed E-state index contributed by atoms with van der Waals surface area (Å²) in [4.78, 5) is 60.3. The summed E-state index contributed by atoms with van der Waals surface area (Å²) in [5.41, 5.74) is 2.28. The Bertz CT molecular complexity index is 2730. The molecule has 3 aromatic carbocycles. The van der Waals surface area contributed by atoms with Crippen LogP contribution in [0.15, 0.2) is 72.2 Å². The number of nitrogens with zero attached hydrogens (tertiary/aromatic N) is 3. The number of amides is 4. The molecule has 2 aliphatic rings. The van der Waals surface area contributed by atoms with E-state index >= 15 is 0 Å². The first-order chi connectivity index (χ1) is 34.3. The fourth-order valence-electron chi connectivity index (χ4n) is 9.63. The van der Waals surface area contributed by atoms with E-state index in [1.165, 1.54) is 35.6 Å². The van der Waals surface area contributed by atoms with Gasteiger partial charge in [-0.1, -0.05) is 84.3 Å². The van der Waals surface area contributed by atoms with Gasteiger partial charge in [-0.25, -0.2) is 4.98 Å². The number of aryl methyl sites for hydroxylation is 1. The van der Waals surface area contributed by atoms with Gasteiger partial charge in [-0.15, -0.1) is 11.3 Å². The number of hydrogen-bond acceptors (Lipinski definition) is 11. The van der Waals surface area contributed by atoms with Gasteiger partial charge < -0.3 is 40.2 Å². The quantitative estimate of drug-likeness (QED) is 0.0660. The van der Waals surface area contributed by atoms with Crippen molar-refractivity contribution in [1.29, 1.82) is 5.26 Å². The zero-order valence-electron chi connectivity index (χ0n) is 42.1. The van der Waals surface area contributed by atoms with Gasteiger partial charge in [0.2, 0.25) is 17.7 Å². The number of carbonyl (C=O) groups is 4. The summed E-state index contributed by atoms with van der Waals surface area (Å²) in [5, 5.41) is 28.1. The standard InChI is InChI=1S/C52H59ClF6N6O8S/c1-28(30-10-12-31(13-11-30)40-29(2)61-27-74-40)62-43(69)38-20-34(66)23-65(38)44(70)41(47(3,4)5)63-39(67)24-71-25-50(54,55)52(58,59)51(56,57)26-72-35-17-14-32(15-18-35)42(68)64-45-48(6,7)46(49(45,8)9)73-36-19-16-33(22-60)37(53)21-36/h10-19,21,27-28,34,38,41,45-46,66H,20,23-26H2,1-9H3,(H,62,69)(H,63,67)(H,64,68)/t28-,34+,38-,41?,45-,46-/m0/s1. The molecule has 0 spiro atoms. The fraction of sp³-hybridized carbons (Fsp3) is 0.500. The van der Waals surface area contributed by atoms with Gasteiger partial charge in [0, 0.05) is 41.5 Å². The van der Waals surface area contributed by atoms with Crippen molar-refractivity contribution in [3.05, 3.63) is 99.6 Å². The van der Waals surface area contributed by atoms with Crippen LogP contribution >= 0.6 is 22.9 Å². The largest absolute Gasteiger partial charge is 0.489 e. The number of hydrogen-bond donors (Lipinski definition) is 4. The number of likely N-dealkylation sites (tertiary alicyclic amines) is 1. The van der Waals surface area contributed by atoms with Crippen LogP contribution in [0.5, 0.6) is 11.5 Å². The molecule has 14 nitrogen and oxygen atoms in total. The molecule has 1 saturated heterocycles. The van der Waals surface area contributed by atoms with Gasteiger partial charge in [0.05, 0.1) is 38.8 Å². The molecule has 74 heavy (non-hydrogen) atoms. The number of thiazole rings is 1. The fourth-order valence-corrected chi connectivity index (χ4v) is 10.6. The summed E-state index contributed by atoms with van der Waals surface area (Å²) >= 11 is 7.66. The van der Waals surface area contributed by atoms with E-state index in [0.717, 1.165) is 38.7 Å². The molecule has 0 bridgehead atoms. The highest BCUT2D eigenvalue weighted by Gasteiger charge is 2.72. The maximum absolute atomic E-state index is 15.0. The Morgan fingerprint density at radius 2 is 1.53 bits per heavy atom. The predicted molar refractivity (Wildman–Crippen MR) is 263 cm³/mol. The first-order valence-electron chi connectivity index (χ1n) is 23.5. The average Bonchev–Trinajstić information content (AvgIpc) is 3.95. The number of rotatable bonds is 19. The number of benzene rings is 3. The number of halogens is 7. The summed E-state index contributed by atoms with van der Waals surface area (Å²) in [5.74, 6) is -20.3. The van der Waals surface area contributed by atoms with Crippen LogP contribution in [0.3, 0.4) is 0 Å². The number of alkyl halides is 6. The summed E-state index contributed by atoms with van der Waals surface area (Å²) in [7, 11) is 0. The van der Waals surface area contributed by atoms with E-state index in [2.05, 4.69) is 25.7 Å². The number of nitriles is 1. The first-order valence-corrected chi connectivity index (χ1v) is 24.8. The van der Waals surface area contributed by atoms with Crippen LogP contribution < -0.4 is 25.4 Å². The van der Waals surface area contributed by atoms with Gasteiger partial charge in [0.1, 0.15) is 49.0 Å². The van der Waals surface area contributed by atoms with Crippen LogP contribution in [0.2, 0.25) is 5.02 Å². The molecular formula is C52H59ClF6N6O8S. The molecule has 2 heterocycles. The molecule has 4 amide bonds. The van der Waals surface area contributed by atoms with Crippen molar-refractivity contribution in [3.8, 4) is 28.0 Å². The topological polar surface area (TPSA) is 192 Å². The Labute approximate surface area is 434 Å². The van der Waals surface area contributed by atoms with Gasteiger partial charge in [-0.2, -0.15) is 31.6 Å². The van der Waals surface area contributed by atoms with Crippen LogP contribution in [-0.2, 0) is 19.1 Å². The van der Waals surface area contributed by atoms with Crippen molar-refractivity contribution in [3.63, 3.8) is 0 Å². The molecule has 6 rings (SSSR count). The SMILES string of the molecule is Cc1ncsc1-c1ccc([C@H](C)NC(=O)[C@@H]2C[C@@H](O)CN2C(=O)C(NC(=O)COCC(F)(F)C(F)(F)C(F)(F)COc2ccc(C(=O)N[C@H]3C(C)(C)[C@H](Oc4ccc(C#N)c(Cl)c4)C3(C)C)cc2)C(C)(C)C)cc1. The smallest absolute Gasteiger partial charge is 0.377 e. The number of aliphatic hydroxyl groups is 1. The highest BCUT2D eigenvalue weighted by Crippen LogP contribution is 2.56. The van der Waals surface area contributed by atoms with Crippen LogP contribution in [0.4, 0.5) is 26.3 Å². The van der Waals surface area contributed by atoms with Crippen LogP contribution in [0.1, 0.15) is 95.0 Å². The Kier molecular flexibility index (Phi) is 16.8. The lowest BCUT2D eigenvalue weighted by atomic mass is 9.49. The number of aliphatic hydroxyl groups excluding tert-OH is 1. The molecule has 1 unspecified atom stereocenters. The first kappa shape index (κ1) is 57.3. The molecule has 1 aliphatic carbocycles. The molecular weight excluding hydrogens is 1020 g/mol. The zero-order chi connectivity index (χ0) is 54.9. The Morgan fingerprint density at radius 1 is 0.919 bits per heavy atom. The zero-order valence-corrected chi connectivity index (χ0v) is 43.7. The van der Waals surface area contributed by atoms with Gasteiger partial charge in [0.25, 0.3) is 5.91 Å². The summed E-state index contributed by atoms with van der Waals surface area (Å²) in [6, 6.07) is 14.9. The molecule has 1 saturated carbocycles. The second-order valence-corrected chi connectivity index (χ2v) is 22.2. The second kappa shape index (κ2) is 21.7. The summed E-state index contributed by atoms with van der Waals surface area (Å²) in [6.45, 7) is 9.60. The number of aromatic nitrogens is 1. The maximum atomic E-state index is 15.0. The van der Waals surface area contributed by atoms with Crippen LogP contribution in [-0.4, -0.2) is 113 Å². The van der Waals surface area contributed by atoms with Crippen molar-refractivity contribution in [1.82, 2.24) is 25.8 Å². The lowest BCUT2D eigenvalue weighted by molar-refractivity contribution is -0.324. The van der Waals surface area contributed by atoms with E-state index in [-0.39, 0.29) is 29.1 Å². The van der Waals surface area contributed by atoms with E-state index in [0.29, 0.717) is 5.75 Å². The van der Waals surface area contributed by atoms with Gasteiger partial charge in [0.15, 0.2) is 6.61 Å². The molecule has 22 heteroatoms. The highest BCUT2D eigenvalue weighted by molar-refractivity contribution is 7.13. The normalized spacial score (nSPS) is 20.4. The predicted octanol–water partition coefficient (Wildman–Crippen LogP) is 8.93. The lowest BCUT2D eigenvalue weighted by Gasteiger charge is -2.63. The Morgan fingerprint density at radius 3 is 2.09 bits per heavy atom. The molecule has 1 aromatic heterocycles. The second-order valence-electron chi connectivity index (χ2n) is 21.0. The van der Waals surface area contributed by atoms with Crippen molar-refractivity contribution in [2.24, 2.45) is 16.2 Å². The van der Waals surface area contributed by atoms with Crippen molar-refractivity contribution < 1.29 is 64.8 Å². The lowest BCUT2D eigenvalue weighted by Crippen LogP contribution is -2.74. The third-order valence-corrected chi connectivity index (χ3v) is 14.8. The minimum absolute atomic E-state index is 0.0448. The number of carbonyl (C=O) groups excluding carboxylic acids is 4. The average molecular weight is 1080 g/mol. The van der Waals surface area contributed by atoms with Gasteiger partial charge >= 0.3 is 17.8 Å². The van der Waals surface area contributed by atoms with Crippen molar-refractivity contribution in [2.75, 3.05) is 26.4 Å².